The van der Waals surface area contributed by atoms with Crippen molar-refractivity contribution in [3.63, 3.8) is 0 Å². The molecule has 0 aromatic heterocycles. The van der Waals surface area contributed by atoms with E-state index in [1.807, 2.05) is 26.0 Å². The highest BCUT2D eigenvalue weighted by Crippen LogP contribution is 2.04. The van der Waals surface area contributed by atoms with Crippen LogP contribution in [0.1, 0.15) is 46.0 Å². The van der Waals surface area contributed by atoms with Crippen molar-refractivity contribution in [1.82, 2.24) is 0 Å². The summed E-state index contributed by atoms with van der Waals surface area (Å²) < 4.78 is 0. The fourth-order valence-corrected chi connectivity index (χ4v) is 1.01. The molecule has 4 heteroatoms. The van der Waals surface area contributed by atoms with E-state index < -0.39 is 11.9 Å². The molecule has 18 heavy (non-hydrogen) atoms. The van der Waals surface area contributed by atoms with Crippen LogP contribution in [0.3, 0.4) is 0 Å². The zero-order chi connectivity index (χ0) is 14.4. The van der Waals surface area contributed by atoms with E-state index >= 15 is 0 Å². The third-order valence-electron chi connectivity index (χ3n) is 2.21. The molecule has 2 N–H and O–H groups in total. The molecule has 0 aliphatic heterocycles. The van der Waals surface area contributed by atoms with Crippen LogP contribution in [-0.4, -0.2) is 22.2 Å². The lowest BCUT2D eigenvalue weighted by Gasteiger charge is -1.99. The van der Waals surface area contributed by atoms with Gasteiger partial charge in [0.2, 0.25) is 0 Å². The normalized spacial score (nSPS) is 11.4. The predicted molar refractivity (Wildman–Crippen MR) is 72.5 cm³/mol. The second-order valence-corrected chi connectivity index (χ2v) is 4.00. The number of carbonyl (C=O) groups is 2. The molecule has 0 bridgehead atoms. The van der Waals surface area contributed by atoms with Gasteiger partial charge in [-0.25, -0.2) is 0 Å². The van der Waals surface area contributed by atoms with Gasteiger partial charge in [0.25, 0.3) is 0 Å². The topological polar surface area (TPSA) is 74.6 Å². The molecule has 4 nitrogen and oxygen atoms in total. The first kappa shape index (κ1) is 18.8. The molecule has 0 fully saturated rings. The van der Waals surface area contributed by atoms with Crippen molar-refractivity contribution in [2.24, 2.45) is 5.92 Å². The molecule has 0 radical (unpaired) electrons. The van der Waals surface area contributed by atoms with E-state index in [0.29, 0.717) is 12.3 Å². The molecule has 0 aliphatic carbocycles. The van der Waals surface area contributed by atoms with Crippen LogP contribution in [0.2, 0.25) is 0 Å². The third-order valence-corrected chi connectivity index (χ3v) is 2.21. The van der Waals surface area contributed by atoms with E-state index in [2.05, 4.69) is 6.58 Å². The Morgan fingerprint density at radius 1 is 1.22 bits per heavy atom. The minimum absolute atomic E-state index is 0.243. The molecule has 0 aliphatic rings. The first-order chi connectivity index (χ1) is 8.43. The van der Waals surface area contributed by atoms with Crippen molar-refractivity contribution in [3.05, 3.63) is 24.8 Å². The van der Waals surface area contributed by atoms with E-state index in [-0.39, 0.29) is 12.8 Å². The Morgan fingerprint density at radius 3 is 2.17 bits per heavy atom. The van der Waals surface area contributed by atoms with E-state index in [0.717, 1.165) is 12.8 Å². The zero-order valence-corrected chi connectivity index (χ0v) is 11.3. The Morgan fingerprint density at radius 2 is 1.78 bits per heavy atom. The molecular weight excluding hydrogens is 232 g/mol. The van der Waals surface area contributed by atoms with Crippen LogP contribution in [0.15, 0.2) is 24.8 Å². The summed E-state index contributed by atoms with van der Waals surface area (Å²) in [6, 6.07) is 0. The maximum atomic E-state index is 9.99. The van der Waals surface area contributed by atoms with Crippen LogP contribution >= 0.6 is 0 Å². The van der Waals surface area contributed by atoms with Gasteiger partial charge in [-0.15, -0.1) is 6.58 Å². The first-order valence-corrected chi connectivity index (χ1v) is 6.11. The quantitative estimate of drug-likeness (QED) is 0.515. The van der Waals surface area contributed by atoms with Crippen molar-refractivity contribution in [1.29, 1.82) is 0 Å². The monoisotopic (exact) mass is 256 g/mol. The Bertz CT molecular complexity index is 269. The number of carboxylic acids is 2. The second-order valence-electron chi connectivity index (χ2n) is 4.00. The summed E-state index contributed by atoms with van der Waals surface area (Å²) in [6.07, 6.45) is 8.52. The van der Waals surface area contributed by atoms with Crippen LogP contribution in [0.5, 0.6) is 0 Å². The summed E-state index contributed by atoms with van der Waals surface area (Å²) in [5.41, 5.74) is 0. The molecule has 0 amide bonds. The van der Waals surface area contributed by atoms with E-state index in [1.54, 1.807) is 6.08 Å². The Kier molecular flexibility index (Phi) is 14.1. The summed E-state index contributed by atoms with van der Waals surface area (Å²) in [5, 5.41) is 16.4. The first-order valence-electron chi connectivity index (χ1n) is 6.11. The highest BCUT2D eigenvalue weighted by molar-refractivity contribution is 5.66. The van der Waals surface area contributed by atoms with Gasteiger partial charge in [-0.3, -0.25) is 9.59 Å². The van der Waals surface area contributed by atoms with E-state index in [4.69, 9.17) is 10.2 Å². The fraction of sp³-hybridized carbons (Fsp3) is 0.571. The van der Waals surface area contributed by atoms with Crippen molar-refractivity contribution in [2.45, 2.75) is 46.0 Å². The Labute approximate surface area is 109 Å². The van der Waals surface area contributed by atoms with Gasteiger partial charge < -0.3 is 10.2 Å². The Hall–Kier alpha value is -1.58. The lowest BCUT2D eigenvalue weighted by Crippen LogP contribution is -1.97. The smallest absolute Gasteiger partial charge is 0.303 e. The number of rotatable bonds is 8. The number of hydrogen-bond acceptors (Lipinski definition) is 2. The molecule has 0 saturated carbocycles. The second kappa shape index (κ2) is 13.5. The van der Waals surface area contributed by atoms with Gasteiger partial charge in [0.15, 0.2) is 0 Å². The van der Waals surface area contributed by atoms with Gasteiger partial charge in [-0.1, -0.05) is 25.2 Å². The average molecular weight is 256 g/mol. The predicted octanol–water partition coefficient (Wildman–Crippen LogP) is 3.49. The highest BCUT2D eigenvalue weighted by Gasteiger charge is 1.99. The van der Waals surface area contributed by atoms with Crippen molar-refractivity contribution >= 4 is 11.9 Å². The SMILES string of the molecule is C=CC(C)CCC(=O)O.CC=CCCCC(=O)O. The number of aliphatic carboxylic acids is 2. The minimum Gasteiger partial charge on any atom is -0.481 e. The molecule has 0 aromatic carbocycles. The third kappa shape index (κ3) is 19.9. The highest BCUT2D eigenvalue weighted by atomic mass is 16.4. The summed E-state index contributed by atoms with van der Waals surface area (Å²) in [5.74, 6) is -1.12. The van der Waals surface area contributed by atoms with Crippen LogP contribution in [-0.2, 0) is 9.59 Å². The molecular formula is C14H24O4. The van der Waals surface area contributed by atoms with Gasteiger partial charge in [0.1, 0.15) is 0 Å². The van der Waals surface area contributed by atoms with Gasteiger partial charge in [-0.2, -0.15) is 0 Å². The van der Waals surface area contributed by atoms with Crippen molar-refractivity contribution in [3.8, 4) is 0 Å². The van der Waals surface area contributed by atoms with Gasteiger partial charge >= 0.3 is 11.9 Å². The molecule has 0 rings (SSSR count). The van der Waals surface area contributed by atoms with Gasteiger partial charge in [-0.05, 0) is 32.1 Å². The number of allylic oxidation sites excluding steroid dienone is 3. The van der Waals surface area contributed by atoms with Gasteiger partial charge in [0, 0.05) is 12.8 Å². The van der Waals surface area contributed by atoms with E-state index in [9.17, 15) is 9.59 Å². The summed E-state index contributed by atoms with van der Waals surface area (Å²) >= 11 is 0. The molecule has 0 spiro atoms. The molecule has 0 saturated heterocycles. The van der Waals surface area contributed by atoms with Crippen molar-refractivity contribution < 1.29 is 19.8 Å². The van der Waals surface area contributed by atoms with Gasteiger partial charge in [0.05, 0.1) is 0 Å². The average Bonchev–Trinajstić information content (AvgIpc) is 2.32. The molecule has 0 heterocycles. The maximum Gasteiger partial charge on any atom is 0.303 e. The lowest BCUT2D eigenvalue weighted by molar-refractivity contribution is -0.138. The number of unbranched alkanes of at least 4 members (excludes halogenated alkanes) is 1. The van der Waals surface area contributed by atoms with Crippen LogP contribution in [0.4, 0.5) is 0 Å². The molecule has 0 aromatic rings. The summed E-state index contributed by atoms with van der Waals surface area (Å²) in [6.45, 7) is 7.43. The molecule has 104 valence electrons. The number of hydrogen-bond donors (Lipinski definition) is 2. The largest absolute Gasteiger partial charge is 0.481 e. The zero-order valence-electron chi connectivity index (χ0n) is 11.3. The summed E-state index contributed by atoms with van der Waals surface area (Å²) in [7, 11) is 0. The fourth-order valence-electron chi connectivity index (χ4n) is 1.01. The Balaban J connectivity index is 0. The lowest BCUT2D eigenvalue weighted by atomic mass is 10.1. The standard InChI is InChI=1S/2C7H12O2/c1-3-6(2)4-5-7(8)9;1-2-3-4-5-6-7(8)9/h3,6H,1,4-5H2,2H3,(H,8,9);2-3H,4-6H2,1H3,(H,8,9). The minimum atomic E-state index is -0.733. The maximum absolute atomic E-state index is 9.99. The summed E-state index contributed by atoms with van der Waals surface area (Å²) in [4.78, 5) is 19.9. The molecule has 1 atom stereocenters. The van der Waals surface area contributed by atoms with Crippen LogP contribution in [0, 0.1) is 5.92 Å². The van der Waals surface area contributed by atoms with Crippen molar-refractivity contribution in [2.75, 3.05) is 0 Å². The van der Waals surface area contributed by atoms with E-state index in [1.165, 1.54) is 0 Å². The van der Waals surface area contributed by atoms with Crippen LogP contribution < -0.4 is 0 Å². The number of carboxylic acid groups (broad SMARTS) is 2. The molecule has 1 unspecified atom stereocenters. The van der Waals surface area contributed by atoms with Crippen LogP contribution in [0.25, 0.3) is 0 Å².